The highest BCUT2D eigenvalue weighted by Gasteiger charge is 2.37. The highest BCUT2D eigenvalue weighted by atomic mass is 79.9. The maximum Gasteiger partial charge on any atom is 0.0490 e. The second-order valence-electron chi connectivity index (χ2n) is 3.92. The maximum absolute atomic E-state index is 5.65. The Bertz CT molecular complexity index is 332. The topological polar surface area (TPSA) is 38.0 Å². The van der Waals surface area contributed by atoms with E-state index in [1.807, 2.05) is 18.2 Å². The van der Waals surface area contributed by atoms with Crippen molar-refractivity contribution in [2.75, 3.05) is 11.1 Å². The van der Waals surface area contributed by atoms with Gasteiger partial charge in [-0.3, -0.25) is 0 Å². The van der Waals surface area contributed by atoms with E-state index >= 15 is 0 Å². The lowest BCUT2D eigenvalue weighted by molar-refractivity contribution is 0.828. The fraction of sp³-hybridized carbons (Fsp3) is 0.400. The van der Waals surface area contributed by atoms with Crippen molar-refractivity contribution in [1.29, 1.82) is 0 Å². The van der Waals surface area contributed by atoms with Crippen molar-refractivity contribution in [1.82, 2.24) is 0 Å². The van der Waals surface area contributed by atoms with E-state index in [1.165, 1.54) is 12.8 Å². The van der Waals surface area contributed by atoms with Crippen LogP contribution in [0.25, 0.3) is 0 Å². The first-order valence-corrected chi connectivity index (χ1v) is 5.22. The zero-order valence-corrected chi connectivity index (χ0v) is 9.19. The first-order chi connectivity index (χ1) is 6.09. The fourth-order valence-electron chi connectivity index (χ4n) is 1.27. The Morgan fingerprint density at radius 1 is 1.46 bits per heavy atom. The van der Waals surface area contributed by atoms with Crippen LogP contribution >= 0.6 is 15.9 Å². The first kappa shape index (κ1) is 8.88. The number of hydrogen-bond acceptors (Lipinski definition) is 2. The second kappa shape index (κ2) is 2.91. The number of anilines is 2. The van der Waals surface area contributed by atoms with Crippen molar-refractivity contribution in [3.05, 3.63) is 22.7 Å². The summed E-state index contributed by atoms with van der Waals surface area (Å²) in [6.07, 6.45) is 2.51. The first-order valence-electron chi connectivity index (χ1n) is 4.42. The lowest BCUT2D eigenvalue weighted by Crippen LogP contribution is -2.16. The van der Waals surface area contributed by atoms with Gasteiger partial charge >= 0.3 is 0 Å². The third-order valence-corrected chi connectivity index (χ3v) is 3.09. The molecule has 0 atom stereocenters. The van der Waals surface area contributed by atoms with E-state index in [-0.39, 0.29) is 0 Å². The molecule has 1 aromatic carbocycles. The van der Waals surface area contributed by atoms with E-state index in [0.29, 0.717) is 5.54 Å². The van der Waals surface area contributed by atoms with Crippen LogP contribution in [0.15, 0.2) is 22.7 Å². The zero-order chi connectivity index (χ0) is 9.47. The number of hydrogen-bond donors (Lipinski definition) is 2. The monoisotopic (exact) mass is 240 g/mol. The molecular weight excluding hydrogens is 228 g/mol. The third kappa shape index (κ3) is 1.97. The van der Waals surface area contributed by atoms with Gasteiger partial charge in [-0.15, -0.1) is 0 Å². The maximum atomic E-state index is 5.65. The van der Waals surface area contributed by atoms with E-state index in [2.05, 4.69) is 28.2 Å². The molecule has 1 fully saturated rings. The Morgan fingerprint density at radius 3 is 2.69 bits per heavy atom. The average Bonchev–Trinajstić information content (AvgIpc) is 2.75. The van der Waals surface area contributed by atoms with Crippen LogP contribution in [0.4, 0.5) is 11.4 Å². The lowest BCUT2D eigenvalue weighted by Gasteiger charge is -2.14. The van der Waals surface area contributed by atoms with Crippen molar-refractivity contribution < 1.29 is 0 Å². The molecule has 1 aromatic rings. The van der Waals surface area contributed by atoms with Gasteiger partial charge in [0.05, 0.1) is 0 Å². The van der Waals surface area contributed by atoms with Gasteiger partial charge < -0.3 is 11.1 Å². The van der Waals surface area contributed by atoms with Crippen molar-refractivity contribution in [3.8, 4) is 0 Å². The lowest BCUT2D eigenvalue weighted by atomic mass is 10.2. The minimum Gasteiger partial charge on any atom is -0.399 e. The molecule has 1 saturated carbocycles. The molecule has 3 N–H and O–H groups in total. The smallest absolute Gasteiger partial charge is 0.0490 e. The Labute approximate surface area is 86.6 Å². The number of nitrogen functional groups attached to an aromatic ring is 1. The summed E-state index contributed by atoms with van der Waals surface area (Å²) in [6, 6.07) is 5.86. The number of nitrogens with two attached hydrogens (primary N) is 1. The Balaban J connectivity index is 2.20. The summed E-state index contributed by atoms with van der Waals surface area (Å²) >= 11 is 3.49. The van der Waals surface area contributed by atoms with Gasteiger partial charge in [0.15, 0.2) is 0 Å². The van der Waals surface area contributed by atoms with Crippen LogP contribution in [0.2, 0.25) is 0 Å². The quantitative estimate of drug-likeness (QED) is 0.781. The van der Waals surface area contributed by atoms with Crippen molar-refractivity contribution >= 4 is 27.3 Å². The van der Waals surface area contributed by atoms with E-state index < -0.39 is 0 Å². The molecule has 1 aliphatic rings. The highest BCUT2D eigenvalue weighted by molar-refractivity contribution is 9.10. The van der Waals surface area contributed by atoms with Gasteiger partial charge in [0.25, 0.3) is 0 Å². The number of halogens is 1. The number of nitrogens with one attached hydrogen (secondary N) is 1. The summed E-state index contributed by atoms with van der Waals surface area (Å²) in [7, 11) is 0. The Kier molecular flexibility index (Phi) is 1.99. The zero-order valence-electron chi connectivity index (χ0n) is 7.60. The van der Waals surface area contributed by atoms with Crippen LogP contribution < -0.4 is 11.1 Å². The van der Waals surface area contributed by atoms with E-state index in [9.17, 15) is 0 Å². The summed E-state index contributed by atoms with van der Waals surface area (Å²) in [4.78, 5) is 0. The number of rotatable bonds is 2. The molecule has 0 aliphatic heterocycles. The molecule has 0 amide bonds. The van der Waals surface area contributed by atoms with E-state index in [0.717, 1.165) is 15.8 Å². The minimum atomic E-state index is 0.318. The molecule has 2 nitrogen and oxygen atoms in total. The van der Waals surface area contributed by atoms with E-state index in [1.54, 1.807) is 0 Å². The van der Waals surface area contributed by atoms with Crippen LogP contribution in [0.3, 0.4) is 0 Å². The summed E-state index contributed by atoms with van der Waals surface area (Å²) in [5.41, 5.74) is 7.89. The molecule has 0 saturated heterocycles. The van der Waals surface area contributed by atoms with Gasteiger partial charge in [-0.2, -0.15) is 0 Å². The molecule has 0 unspecified atom stereocenters. The second-order valence-corrected chi connectivity index (χ2v) is 4.78. The van der Waals surface area contributed by atoms with Crippen LogP contribution in [0.1, 0.15) is 19.8 Å². The van der Waals surface area contributed by atoms with Gasteiger partial charge in [-0.05, 0) is 53.9 Å². The van der Waals surface area contributed by atoms with Crippen molar-refractivity contribution in [2.45, 2.75) is 25.3 Å². The normalized spacial score (nSPS) is 18.3. The Morgan fingerprint density at radius 2 is 2.15 bits per heavy atom. The molecule has 13 heavy (non-hydrogen) atoms. The van der Waals surface area contributed by atoms with Gasteiger partial charge in [0.1, 0.15) is 0 Å². The predicted octanol–water partition coefficient (Wildman–Crippen LogP) is 3.00. The third-order valence-electron chi connectivity index (χ3n) is 2.43. The average molecular weight is 241 g/mol. The number of benzene rings is 1. The molecule has 0 bridgehead atoms. The minimum absolute atomic E-state index is 0.318. The molecule has 70 valence electrons. The van der Waals surface area contributed by atoms with Crippen LogP contribution in [-0.4, -0.2) is 5.54 Å². The van der Waals surface area contributed by atoms with Crippen molar-refractivity contribution in [3.63, 3.8) is 0 Å². The Hall–Kier alpha value is -0.700. The van der Waals surface area contributed by atoms with Crippen LogP contribution in [-0.2, 0) is 0 Å². The molecule has 2 rings (SSSR count). The molecule has 0 aromatic heterocycles. The molecular formula is C10H13BrN2. The molecule has 0 heterocycles. The SMILES string of the molecule is CC1(Nc2ccc(N)cc2Br)CC1. The molecule has 0 spiro atoms. The van der Waals surface area contributed by atoms with Gasteiger partial charge in [-0.1, -0.05) is 0 Å². The van der Waals surface area contributed by atoms with Crippen LogP contribution in [0.5, 0.6) is 0 Å². The van der Waals surface area contributed by atoms with Gasteiger partial charge in [0.2, 0.25) is 0 Å². The van der Waals surface area contributed by atoms with Gasteiger partial charge in [-0.25, -0.2) is 0 Å². The molecule has 1 aliphatic carbocycles. The predicted molar refractivity (Wildman–Crippen MR) is 59.8 cm³/mol. The fourth-order valence-corrected chi connectivity index (χ4v) is 1.77. The largest absolute Gasteiger partial charge is 0.399 e. The van der Waals surface area contributed by atoms with Crippen LogP contribution in [0, 0.1) is 0 Å². The summed E-state index contributed by atoms with van der Waals surface area (Å²) in [5.74, 6) is 0. The van der Waals surface area contributed by atoms with Crippen molar-refractivity contribution in [2.24, 2.45) is 0 Å². The standard InChI is InChI=1S/C10H13BrN2/c1-10(4-5-10)13-9-3-2-7(12)6-8(9)11/h2-3,6,13H,4-5,12H2,1H3. The molecule has 3 heteroatoms. The summed E-state index contributed by atoms with van der Waals surface area (Å²) in [5, 5.41) is 3.49. The molecule has 0 radical (unpaired) electrons. The van der Waals surface area contributed by atoms with E-state index in [4.69, 9.17) is 5.73 Å². The summed E-state index contributed by atoms with van der Waals surface area (Å²) in [6.45, 7) is 2.23. The summed E-state index contributed by atoms with van der Waals surface area (Å²) < 4.78 is 1.04. The van der Waals surface area contributed by atoms with Gasteiger partial charge in [0, 0.05) is 21.4 Å². The highest BCUT2D eigenvalue weighted by Crippen LogP contribution is 2.40.